The number of rotatable bonds is 4. The maximum Gasteiger partial charge on any atom is 0.243 e. The Labute approximate surface area is 138 Å². The molecule has 1 aliphatic carbocycles. The molecule has 0 aromatic heterocycles. The van der Waals surface area contributed by atoms with Gasteiger partial charge in [0.25, 0.3) is 0 Å². The van der Waals surface area contributed by atoms with E-state index in [2.05, 4.69) is 38.6 Å². The lowest BCUT2D eigenvalue weighted by Crippen LogP contribution is -2.21. The highest BCUT2D eigenvalue weighted by Crippen LogP contribution is 2.47. The largest absolute Gasteiger partial charge is 0.273 e. The summed E-state index contributed by atoms with van der Waals surface area (Å²) < 4.78 is 1.02. The van der Waals surface area contributed by atoms with Crippen LogP contribution in [-0.4, -0.2) is 11.6 Å². The number of benzene rings is 2. The zero-order chi connectivity index (χ0) is 15.5. The standard InChI is InChI=1S/C18H17BrN2O/c1-12(13-7-9-15(19)10-8-13)20-21-18(22)17-11-16(17)14-5-3-2-4-6-14/h2-10,16-17H,11H2,1H3,(H,21,22)/b20-12-/t16-,17+/m1/s1. The van der Waals surface area contributed by atoms with Gasteiger partial charge in [-0.05, 0) is 42.5 Å². The molecule has 3 nitrogen and oxygen atoms in total. The smallest absolute Gasteiger partial charge is 0.243 e. The predicted molar refractivity (Wildman–Crippen MR) is 91.8 cm³/mol. The number of hydrogen-bond acceptors (Lipinski definition) is 2. The fourth-order valence-electron chi connectivity index (χ4n) is 2.53. The van der Waals surface area contributed by atoms with Gasteiger partial charge in [0.2, 0.25) is 5.91 Å². The molecule has 3 rings (SSSR count). The number of amides is 1. The molecule has 22 heavy (non-hydrogen) atoms. The van der Waals surface area contributed by atoms with Crippen LogP contribution in [0.15, 0.2) is 64.2 Å². The Balaban J connectivity index is 1.59. The molecule has 0 bridgehead atoms. The molecule has 0 spiro atoms. The Bertz CT molecular complexity index is 695. The van der Waals surface area contributed by atoms with E-state index in [4.69, 9.17) is 0 Å². The van der Waals surface area contributed by atoms with Crippen LogP contribution in [0.25, 0.3) is 0 Å². The highest BCUT2D eigenvalue weighted by molar-refractivity contribution is 9.10. The molecule has 2 aromatic carbocycles. The Hall–Kier alpha value is -1.94. The average Bonchev–Trinajstić information content (AvgIpc) is 3.34. The Morgan fingerprint density at radius 3 is 2.50 bits per heavy atom. The predicted octanol–water partition coefficient (Wildman–Crippen LogP) is 4.09. The van der Waals surface area contributed by atoms with Gasteiger partial charge in [0.1, 0.15) is 0 Å². The van der Waals surface area contributed by atoms with E-state index in [9.17, 15) is 4.79 Å². The third-order valence-corrected chi connectivity index (χ3v) is 4.48. The zero-order valence-electron chi connectivity index (χ0n) is 12.3. The molecule has 4 heteroatoms. The van der Waals surface area contributed by atoms with Crippen molar-refractivity contribution < 1.29 is 4.79 Å². The first-order valence-corrected chi connectivity index (χ1v) is 8.09. The molecule has 1 N–H and O–H groups in total. The van der Waals surface area contributed by atoms with Crippen molar-refractivity contribution in [2.24, 2.45) is 11.0 Å². The molecule has 0 saturated heterocycles. The second kappa shape index (κ2) is 6.44. The molecule has 1 saturated carbocycles. The van der Waals surface area contributed by atoms with Crippen LogP contribution in [0.5, 0.6) is 0 Å². The van der Waals surface area contributed by atoms with E-state index in [1.54, 1.807) is 0 Å². The number of carbonyl (C=O) groups excluding carboxylic acids is 1. The summed E-state index contributed by atoms with van der Waals surface area (Å²) >= 11 is 3.40. The summed E-state index contributed by atoms with van der Waals surface area (Å²) in [6, 6.07) is 18.0. The third-order valence-electron chi connectivity index (χ3n) is 3.95. The summed E-state index contributed by atoms with van der Waals surface area (Å²) in [5.74, 6) is 0.388. The van der Waals surface area contributed by atoms with E-state index in [0.29, 0.717) is 5.92 Å². The molecular formula is C18H17BrN2O. The van der Waals surface area contributed by atoms with Gasteiger partial charge in [0.15, 0.2) is 0 Å². The van der Waals surface area contributed by atoms with Gasteiger partial charge in [-0.25, -0.2) is 5.43 Å². The molecule has 1 amide bonds. The minimum atomic E-state index is 0.00492. The number of nitrogens with one attached hydrogen (secondary N) is 1. The van der Waals surface area contributed by atoms with Crippen LogP contribution in [0.3, 0.4) is 0 Å². The quantitative estimate of drug-likeness (QED) is 0.650. The average molecular weight is 357 g/mol. The Kier molecular flexibility index (Phi) is 4.39. The van der Waals surface area contributed by atoms with Crippen molar-refractivity contribution in [3.8, 4) is 0 Å². The second-order valence-corrected chi connectivity index (χ2v) is 6.46. The third kappa shape index (κ3) is 3.45. The normalized spacial score (nSPS) is 20.5. The van der Waals surface area contributed by atoms with Gasteiger partial charge in [-0.1, -0.05) is 58.4 Å². The van der Waals surface area contributed by atoms with Crippen molar-refractivity contribution in [1.29, 1.82) is 0 Å². The lowest BCUT2D eigenvalue weighted by atomic mass is 10.1. The van der Waals surface area contributed by atoms with E-state index in [-0.39, 0.29) is 11.8 Å². The summed E-state index contributed by atoms with van der Waals surface area (Å²) in [5, 5.41) is 4.22. The topological polar surface area (TPSA) is 41.5 Å². The van der Waals surface area contributed by atoms with Crippen LogP contribution in [0.2, 0.25) is 0 Å². The van der Waals surface area contributed by atoms with E-state index < -0.39 is 0 Å². The van der Waals surface area contributed by atoms with Crippen molar-refractivity contribution in [2.75, 3.05) is 0 Å². The van der Waals surface area contributed by atoms with Crippen LogP contribution in [0.4, 0.5) is 0 Å². The lowest BCUT2D eigenvalue weighted by molar-refractivity contribution is -0.122. The number of halogens is 1. The fraction of sp³-hybridized carbons (Fsp3) is 0.222. The summed E-state index contributed by atoms with van der Waals surface area (Å²) in [6.07, 6.45) is 0.905. The van der Waals surface area contributed by atoms with E-state index in [1.807, 2.05) is 49.4 Å². The zero-order valence-corrected chi connectivity index (χ0v) is 13.9. The molecular weight excluding hydrogens is 340 g/mol. The van der Waals surface area contributed by atoms with Gasteiger partial charge in [-0.3, -0.25) is 4.79 Å². The van der Waals surface area contributed by atoms with Gasteiger partial charge in [0.05, 0.1) is 5.71 Å². The van der Waals surface area contributed by atoms with Crippen LogP contribution in [0, 0.1) is 5.92 Å². The lowest BCUT2D eigenvalue weighted by Gasteiger charge is -2.03. The van der Waals surface area contributed by atoms with Gasteiger partial charge >= 0.3 is 0 Å². The van der Waals surface area contributed by atoms with Gasteiger partial charge in [0, 0.05) is 10.4 Å². The van der Waals surface area contributed by atoms with E-state index in [1.165, 1.54) is 5.56 Å². The minimum Gasteiger partial charge on any atom is -0.273 e. The number of carbonyl (C=O) groups is 1. The van der Waals surface area contributed by atoms with Crippen molar-refractivity contribution in [2.45, 2.75) is 19.3 Å². The van der Waals surface area contributed by atoms with Crippen molar-refractivity contribution in [1.82, 2.24) is 5.43 Å². The monoisotopic (exact) mass is 356 g/mol. The van der Waals surface area contributed by atoms with Gasteiger partial charge in [-0.15, -0.1) is 0 Å². The SMILES string of the molecule is C/C(=N/NC(=O)[C@H]1C[C@@H]1c1ccccc1)c1ccc(Br)cc1. The summed E-state index contributed by atoms with van der Waals surface area (Å²) in [6.45, 7) is 1.89. The summed E-state index contributed by atoms with van der Waals surface area (Å²) in [7, 11) is 0. The molecule has 112 valence electrons. The summed E-state index contributed by atoms with van der Waals surface area (Å²) in [4.78, 5) is 12.2. The van der Waals surface area contributed by atoms with Gasteiger partial charge < -0.3 is 0 Å². The van der Waals surface area contributed by atoms with E-state index >= 15 is 0 Å². The maximum absolute atomic E-state index is 12.2. The van der Waals surface area contributed by atoms with Crippen molar-refractivity contribution in [3.05, 3.63) is 70.2 Å². The van der Waals surface area contributed by atoms with Crippen LogP contribution in [0.1, 0.15) is 30.4 Å². The van der Waals surface area contributed by atoms with Crippen molar-refractivity contribution >= 4 is 27.5 Å². The van der Waals surface area contributed by atoms with E-state index in [0.717, 1.165) is 22.2 Å². The number of nitrogens with zero attached hydrogens (tertiary/aromatic N) is 1. The van der Waals surface area contributed by atoms with Crippen LogP contribution in [-0.2, 0) is 4.79 Å². The molecule has 0 heterocycles. The molecule has 0 radical (unpaired) electrons. The molecule has 0 unspecified atom stereocenters. The van der Waals surface area contributed by atoms with Gasteiger partial charge in [-0.2, -0.15) is 5.10 Å². The molecule has 2 atom stereocenters. The molecule has 2 aromatic rings. The number of hydrazone groups is 1. The van der Waals surface area contributed by atoms with Crippen LogP contribution >= 0.6 is 15.9 Å². The summed E-state index contributed by atoms with van der Waals surface area (Å²) in [5.41, 5.74) is 5.73. The first-order chi connectivity index (χ1) is 10.6. The Morgan fingerprint density at radius 2 is 1.82 bits per heavy atom. The Morgan fingerprint density at radius 1 is 1.14 bits per heavy atom. The highest BCUT2D eigenvalue weighted by Gasteiger charge is 2.43. The maximum atomic E-state index is 12.2. The first kappa shape index (κ1) is 15.0. The highest BCUT2D eigenvalue weighted by atomic mass is 79.9. The minimum absolute atomic E-state index is 0.00492. The van der Waals surface area contributed by atoms with Crippen molar-refractivity contribution in [3.63, 3.8) is 0 Å². The fourth-order valence-corrected chi connectivity index (χ4v) is 2.80. The molecule has 1 aliphatic rings. The second-order valence-electron chi connectivity index (χ2n) is 5.54. The van der Waals surface area contributed by atoms with Crippen LogP contribution < -0.4 is 5.43 Å². The molecule has 0 aliphatic heterocycles. The first-order valence-electron chi connectivity index (χ1n) is 7.30. The number of hydrogen-bond donors (Lipinski definition) is 1. The molecule has 1 fully saturated rings.